The standard InChI is InChI=1S/C48H88O3/c1-2-3-4-5-6-7-8-9-10-11-12-13-14-15-16-17-18-19-20-21-22-23-24-25-26-27-28-29-30-31-32-33-34-35-36-37-38-39-48(50)51-45-44-46-40-42-47(49)43-41-46/h40-43,49H,2-39,44-45H2,1H3. The van der Waals surface area contributed by atoms with Crippen molar-refractivity contribution in [3.05, 3.63) is 29.8 Å². The molecule has 51 heavy (non-hydrogen) atoms. The van der Waals surface area contributed by atoms with Gasteiger partial charge in [-0.15, -0.1) is 0 Å². The largest absolute Gasteiger partial charge is 0.508 e. The molecule has 1 aromatic carbocycles. The number of carbonyl (C=O) groups excluding carboxylic acids is 1. The van der Waals surface area contributed by atoms with Crippen LogP contribution in [0.4, 0.5) is 0 Å². The van der Waals surface area contributed by atoms with E-state index in [0.29, 0.717) is 19.4 Å². The van der Waals surface area contributed by atoms with Crippen molar-refractivity contribution in [2.24, 2.45) is 0 Å². The van der Waals surface area contributed by atoms with Gasteiger partial charge in [-0.2, -0.15) is 0 Å². The van der Waals surface area contributed by atoms with E-state index in [1.54, 1.807) is 12.1 Å². The summed E-state index contributed by atoms with van der Waals surface area (Å²) in [5, 5.41) is 9.33. The molecule has 0 saturated carbocycles. The number of hydrogen-bond donors (Lipinski definition) is 1. The first kappa shape index (κ1) is 47.5. The Kier molecular flexibility index (Phi) is 37.0. The molecule has 298 valence electrons. The van der Waals surface area contributed by atoms with Crippen LogP contribution in [0.15, 0.2) is 24.3 Å². The van der Waals surface area contributed by atoms with Crippen molar-refractivity contribution in [1.29, 1.82) is 0 Å². The fraction of sp³-hybridized carbons (Fsp3) is 0.854. The minimum Gasteiger partial charge on any atom is -0.508 e. The highest BCUT2D eigenvalue weighted by molar-refractivity contribution is 5.69. The molecule has 1 N–H and O–H groups in total. The first-order valence-electron chi connectivity index (χ1n) is 23.2. The smallest absolute Gasteiger partial charge is 0.305 e. The van der Waals surface area contributed by atoms with Crippen molar-refractivity contribution >= 4 is 5.97 Å². The lowest BCUT2D eigenvalue weighted by Gasteiger charge is -2.06. The average Bonchev–Trinajstić information content (AvgIpc) is 3.13. The summed E-state index contributed by atoms with van der Waals surface area (Å²) < 4.78 is 5.35. The third-order valence-corrected chi connectivity index (χ3v) is 11.1. The molecule has 0 aliphatic heterocycles. The van der Waals surface area contributed by atoms with E-state index in [4.69, 9.17) is 4.74 Å². The van der Waals surface area contributed by atoms with Gasteiger partial charge in [0.1, 0.15) is 5.75 Å². The maximum Gasteiger partial charge on any atom is 0.305 e. The second-order valence-corrected chi connectivity index (χ2v) is 16.1. The van der Waals surface area contributed by atoms with Crippen LogP contribution in [-0.2, 0) is 16.0 Å². The number of carbonyl (C=O) groups is 1. The summed E-state index contributed by atoms with van der Waals surface area (Å²) in [6, 6.07) is 7.08. The third kappa shape index (κ3) is 36.6. The monoisotopic (exact) mass is 713 g/mol. The Hall–Kier alpha value is -1.51. The van der Waals surface area contributed by atoms with Crippen molar-refractivity contribution in [2.75, 3.05) is 6.61 Å². The Morgan fingerprint density at radius 2 is 0.667 bits per heavy atom. The highest BCUT2D eigenvalue weighted by Gasteiger charge is 2.04. The van der Waals surface area contributed by atoms with E-state index < -0.39 is 0 Å². The number of esters is 1. The molecule has 0 aliphatic rings. The summed E-state index contributed by atoms with van der Waals surface area (Å²) >= 11 is 0. The second kappa shape index (κ2) is 39.7. The molecule has 0 atom stereocenters. The van der Waals surface area contributed by atoms with Crippen LogP contribution in [0.1, 0.15) is 256 Å². The van der Waals surface area contributed by atoms with Crippen LogP contribution in [-0.4, -0.2) is 17.7 Å². The van der Waals surface area contributed by atoms with Crippen molar-refractivity contribution < 1.29 is 14.6 Å². The fourth-order valence-electron chi connectivity index (χ4n) is 7.55. The number of aromatic hydroxyl groups is 1. The predicted molar refractivity (Wildman–Crippen MR) is 224 cm³/mol. The van der Waals surface area contributed by atoms with Crippen LogP contribution in [0, 0.1) is 0 Å². The first-order valence-corrected chi connectivity index (χ1v) is 23.2. The molecule has 0 radical (unpaired) electrons. The van der Waals surface area contributed by atoms with E-state index in [1.165, 1.54) is 225 Å². The minimum atomic E-state index is -0.0786. The van der Waals surface area contributed by atoms with Gasteiger partial charge in [0.25, 0.3) is 0 Å². The summed E-state index contributed by atoms with van der Waals surface area (Å²) in [7, 11) is 0. The molecule has 0 aliphatic carbocycles. The van der Waals surface area contributed by atoms with Gasteiger partial charge in [-0.1, -0.05) is 250 Å². The highest BCUT2D eigenvalue weighted by Crippen LogP contribution is 2.18. The summed E-state index contributed by atoms with van der Waals surface area (Å²) in [6.07, 6.45) is 53.8. The zero-order valence-corrected chi connectivity index (χ0v) is 34.4. The Balaban J connectivity index is 1.64. The molecule has 0 spiro atoms. The number of unbranched alkanes of at least 4 members (excludes halogenated alkanes) is 36. The number of benzene rings is 1. The van der Waals surface area contributed by atoms with Crippen molar-refractivity contribution in [2.45, 2.75) is 257 Å². The first-order chi connectivity index (χ1) is 25.2. The number of phenolic OH excluding ortho intramolecular Hbond substituents is 1. The molecule has 0 heterocycles. The minimum absolute atomic E-state index is 0.0786. The number of hydrogen-bond acceptors (Lipinski definition) is 3. The lowest BCUT2D eigenvalue weighted by molar-refractivity contribution is -0.143. The summed E-state index contributed by atoms with van der Waals surface area (Å²) in [6.45, 7) is 2.73. The Morgan fingerprint density at radius 1 is 0.412 bits per heavy atom. The van der Waals surface area contributed by atoms with Gasteiger partial charge in [0, 0.05) is 12.8 Å². The molecular formula is C48H88O3. The van der Waals surface area contributed by atoms with E-state index in [2.05, 4.69) is 6.92 Å². The Bertz CT molecular complexity index is 818. The highest BCUT2D eigenvalue weighted by atomic mass is 16.5. The topological polar surface area (TPSA) is 46.5 Å². The van der Waals surface area contributed by atoms with E-state index in [9.17, 15) is 9.90 Å². The molecule has 0 fully saturated rings. The van der Waals surface area contributed by atoms with Crippen molar-refractivity contribution in [3.8, 4) is 5.75 Å². The predicted octanol–water partition coefficient (Wildman–Crippen LogP) is 16.3. The van der Waals surface area contributed by atoms with E-state index in [0.717, 1.165) is 18.4 Å². The maximum absolute atomic E-state index is 11.9. The molecule has 1 rings (SSSR count). The van der Waals surface area contributed by atoms with Crippen molar-refractivity contribution in [3.63, 3.8) is 0 Å². The summed E-state index contributed by atoms with van der Waals surface area (Å²) in [5.41, 5.74) is 1.08. The SMILES string of the molecule is CCCCCCCCCCCCCCCCCCCCCCCCCCCCCCCCCCCCCCCC(=O)OCCc1ccc(O)cc1. The average molecular weight is 713 g/mol. The van der Waals surface area contributed by atoms with Gasteiger partial charge >= 0.3 is 5.97 Å². The third-order valence-electron chi connectivity index (χ3n) is 11.1. The van der Waals surface area contributed by atoms with E-state index >= 15 is 0 Å². The summed E-state index contributed by atoms with van der Waals surface area (Å²) in [4.78, 5) is 11.9. The molecule has 0 unspecified atom stereocenters. The lowest BCUT2D eigenvalue weighted by Crippen LogP contribution is -2.07. The zero-order chi connectivity index (χ0) is 36.6. The Morgan fingerprint density at radius 3 is 0.941 bits per heavy atom. The number of rotatable bonds is 41. The lowest BCUT2D eigenvalue weighted by atomic mass is 10.0. The molecule has 0 amide bonds. The van der Waals surface area contributed by atoms with Crippen LogP contribution in [0.2, 0.25) is 0 Å². The van der Waals surface area contributed by atoms with Crippen LogP contribution in [0.25, 0.3) is 0 Å². The summed E-state index contributed by atoms with van der Waals surface area (Å²) in [5.74, 6) is 0.188. The molecule has 0 bridgehead atoms. The van der Waals surface area contributed by atoms with Gasteiger partial charge in [0.2, 0.25) is 0 Å². The molecule has 1 aromatic rings. The van der Waals surface area contributed by atoms with Gasteiger partial charge in [-0.25, -0.2) is 0 Å². The molecule has 3 nitrogen and oxygen atoms in total. The fourth-order valence-corrected chi connectivity index (χ4v) is 7.55. The Labute approximate surface area is 319 Å². The number of ether oxygens (including phenoxy) is 1. The second-order valence-electron chi connectivity index (χ2n) is 16.1. The van der Waals surface area contributed by atoms with E-state index in [-0.39, 0.29) is 11.7 Å². The quantitative estimate of drug-likeness (QED) is 0.0543. The van der Waals surface area contributed by atoms with E-state index in [1.807, 2.05) is 12.1 Å². The molecule has 3 heteroatoms. The maximum atomic E-state index is 11.9. The molecule has 0 saturated heterocycles. The van der Waals surface area contributed by atoms with Gasteiger partial charge in [-0.3, -0.25) is 4.79 Å². The number of phenols is 1. The van der Waals surface area contributed by atoms with Crippen LogP contribution >= 0.6 is 0 Å². The van der Waals surface area contributed by atoms with Crippen LogP contribution < -0.4 is 0 Å². The van der Waals surface area contributed by atoms with Gasteiger partial charge < -0.3 is 9.84 Å². The van der Waals surface area contributed by atoms with Gasteiger partial charge in [0.15, 0.2) is 0 Å². The molecular weight excluding hydrogens is 625 g/mol. The van der Waals surface area contributed by atoms with Crippen molar-refractivity contribution in [1.82, 2.24) is 0 Å². The van der Waals surface area contributed by atoms with Crippen LogP contribution in [0.3, 0.4) is 0 Å². The molecule has 0 aromatic heterocycles. The van der Waals surface area contributed by atoms with Gasteiger partial charge in [-0.05, 0) is 24.1 Å². The normalized spacial score (nSPS) is 11.4. The zero-order valence-electron chi connectivity index (χ0n) is 34.4. The van der Waals surface area contributed by atoms with Crippen LogP contribution in [0.5, 0.6) is 5.75 Å². The van der Waals surface area contributed by atoms with Gasteiger partial charge in [0.05, 0.1) is 6.61 Å².